The summed E-state index contributed by atoms with van der Waals surface area (Å²) < 4.78 is 5.70. The fraction of sp³-hybridized carbons (Fsp3) is 0.176. The van der Waals surface area contributed by atoms with Gasteiger partial charge in [-0.3, -0.25) is 4.79 Å². The Labute approximate surface area is 133 Å². The van der Waals surface area contributed by atoms with Crippen LogP contribution >= 0.6 is 11.6 Å². The van der Waals surface area contributed by atoms with Crippen LogP contribution in [-0.2, 0) is 4.79 Å². The topological polar surface area (TPSA) is 58.9 Å². The summed E-state index contributed by atoms with van der Waals surface area (Å²) in [4.78, 5) is 15.7. The predicted molar refractivity (Wildman–Crippen MR) is 85.6 cm³/mol. The van der Waals surface area contributed by atoms with Crippen LogP contribution < -0.4 is 4.74 Å². The van der Waals surface area contributed by atoms with Crippen LogP contribution in [0.1, 0.15) is 24.0 Å². The van der Waals surface area contributed by atoms with Crippen LogP contribution in [0.3, 0.4) is 0 Å². The molecule has 1 aliphatic rings. The average Bonchev–Trinajstić information content (AvgIpc) is 2.53. The highest BCUT2D eigenvalue weighted by atomic mass is 35.5. The monoisotopic (exact) mass is 315 g/mol. The molecule has 4 nitrogen and oxygen atoms in total. The van der Waals surface area contributed by atoms with Crippen LogP contribution in [0.25, 0.3) is 0 Å². The Kier molecular flexibility index (Phi) is 3.86. The molecule has 2 aromatic rings. The molecule has 0 saturated carbocycles. The summed E-state index contributed by atoms with van der Waals surface area (Å²) in [5.41, 5.74) is 3.09. The van der Waals surface area contributed by atoms with Crippen LogP contribution in [0.15, 0.2) is 47.5 Å². The average molecular weight is 316 g/mol. The Morgan fingerprint density at radius 3 is 2.68 bits per heavy atom. The molecule has 1 heterocycles. The van der Waals surface area contributed by atoms with E-state index in [1.807, 2.05) is 12.1 Å². The first kappa shape index (κ1) is 14.6. The van der Waals surface area contributed by atoms with Crippen LogP contribution in [0.5, 0.6) is 5.75 Å². The molecule has 1 N–H and O–H groups in total. The standard InChI is InChI=1S/C17H14ClNO3/c1-10(17(20)21)12-4-7-16-14(8-12)19-15(9-22-16)11-2-5-13(18)6-3-11/h2-8,10H,9H2,1H3,(H,20,21)/t10-/m1/s1. The zero-order valence-corrected chi connectivity index (χ0v) is 12.7. The first-order valence-electron chi connectivity index (χ1n) is 6.87. The van der Waals surface area contributed by atoms with Gasteiger partial charge in [-0.1, -0.05) is 29.8 Å². The molecule has 0 spiro atoms. The zero-order valence-electron chi connectivity index (χ0n) is 11.9. The summed E-state index contributed by atoms with van der Waals surface area (Å²) in [5, 5.41) is 9.78. The predicted octanol–water partition coefficient (Wildman–Crippen LogP) is 4.04. The molecule has 0 aromatic heterocycles. The molecule has 0 aliphatic carbocycles. The largest absolute Gasteiger partial charge is 0.485 e. The van der Waals surface area contributed by atoms with Gasteiger partial charge in [-0.25, -0.2) is 4.99 Å². The second kappa shape index (κ2) is 5.81. The van der Waals surface area contributed by atoms with Gasteiger partial charge in [-0.15, -0.1) is 0 Å². The minimum absolute atomic E-state index is 0.377. The van der Waals surface area contributed by atoms with Crippen molar-refractivity contribution in [2.24, 2.45) is 4.99 Å². The minimum atomic E-state index is -0.862. The number of carbonyl (C=O) groups is 1. The molecule has 112 valence electrons. The first-order valence-corrected chi connectivity index (χ1v) is 7.25. The number of rotatable bonds is 3. The Balaban J connectivity index is 1.98. The number of aliphatic carboxylic acids is 1. The lowest BCUT2D eigenvalue weighted by molar-refractivity contribution is -0.138. The summed E-state index contributed by atoms with van der Waals surface area (Å²) in [5.74, 6) is -0.779. The van der Waals surface area contributed by atoms with E-state index >= 15 is 0 Å². The second-order valence-electron chi connectivity index (χ2n) is 5.14. The molecule has 0 fully saturated rings. The Morgan fingerprint density at radius 2 is 2.00 bits per heavy atom. The van der Waals surface area contributed by atoms with E-state index in [0.29, 0.717) is 28.6 Å². The highest BCUT2D eigenvalue weighted by Crippen LogP contribution is 2.34. The van der Waals surface area contributed by atoms with E-state index in [1.165, 1.54) is 0 Å². The van der Waals surface area contributed by atoms with Gasteiger partial charge in [-0.05, 0) is 42.3 Å². The molecule has 22 heavy (non-hydrogen) atoms. The molecule has 0 radical (unpaired) electrons. The molecule has 0 amide bonds. The summed E-state index contributed by atoms with van der Waals surface area (Å²) >= 11 is 5.89. The van der Waals surface area contributed by atoms with E-state index in [1.54, 1.807) is 37.3 Å². The fourth-order valence-corrected chi connectivity index (χ4v) is 2.40. The zero-order chi connectivity index (χ0) is 15.7. The smallest absolute Gasteiger partial charge is 0.310 e. The van der Waals surface area contributed by atoms with E-state index in [4.69, 9.17) is 21.4 Å². The van der Waals surface area contributed by atoms with E-state index < -0.39 is 11.9 Å². The van der Waals surface area contributed by atoms with Crippen molar-refractivity contribution < 1.29 is 14.6 Å². The fourth-order valence-electron chi connectivity index (χ4n) is 2.27. The number of halogens is 1. The molecule has 2 aromatic carbocycles. The third kappa shape index (κ3) is 2.83. The number of hydrogen-bond acceptors (Lipinski definition) is 3. The van der Waals surface area contributed by atoms with Crippen LogP contribution in [-0.4, -0.2) is 23.4 Å². The van der Waals surface area contributed by atoms with E-state index in [2.05, 4.69) is 4.99 Å². The van der Waals surface area contributed by atoms with Crippen molar-refractivity contribution in [2.45, 2.75) is 12.8 Å². The quantitative estimate of drug-likeness (QED) is 0.929. The minimum Gasteiger partial charge on any atom is -0.485 e. The Hall–Kier alpha value is -2.33. The molecule has 1 aliphatic heterocycles. The maximum absolute atomic E-state index is 11.1. The molecular weight excluding hydrogens is 302 g/mol. The molecule has 3 rings (SSSR count). The van der Waals surface area contributed by atoms with Crippen LogP contribution in [0, 0.1) is 0 Å². The highest BCUT2D eigenvalue weighted by Gasteiger charge is 2.19. The number of nitrogens with zero attached hydrogens (tertiary/aromatic N) is 1. The van der Waals surface area contributed by atoms with E-state index in [9.17, 15) is 4.79 Å². The maximum Gasteiger partial charge on any atom is 0.310 e. The van der Waals surface area contributed by atoms with E-state index in [-0.39, 0.29) is 0 Å². The number of benzene rings is 2. The van der Waals surface area contributed by atoms with Crippen molar-refractivity contribution in [3.8, 4) is 5.75 Å². The Bertz CT molecular complexity index is 753. The van der Waals surface area contributed by atoms with E-state index in [0.717, 1.165) is 11.3 Å². The third-order valence-corrected chi connectivity index (χ3v) is 3.90. The van der Waals surface area contributed by atoms with Gasteiger partial charge in [0.1, 0.15) is 18.0 Å². The number of carboxylic acid groups (broad SMARTS) is 1. The lowest BCUT2D eigenvalue weighted by atomic mass is 10.00. The Morgan fingerprint density at radius 1 is 1.27 bits per heavy atom. The molecule has 5 heteroatoms. The number of hydrogen-bond donors (Lipinski definition) is 1. The van der Waals surface area contributed by atoms with Crippen LogP contribution in [0.2, 0.25) is 5.02 Å². The van der Waals surface area contributed by atoms with Crippen molar-refractivity contribution in [3.63, 3.8) is 0 Å². The van der Waals surface area contributed by atoms with Crippen molar-refractivity contribution in [3.05, 3.63) is 58.6 Å². The molecule has 1 atom stereocenters. The number of carboxylic acids is 1. The lowest BCUT2D eigenvalue weighted by Gasteiger charge is -2.18. The summed E-state index contributed by atoms with van der Waals surface area (Å²) in [6.45, 7) is 2.03. The summed E-state index contributed by atoms with van der Waals surface area (Å²) in [6.07, 6.45) is 0. The molecular formula is C17H14ClNO3. The first-order chi connectivity index (χ1) is 10.5. The number of fused-ring (bicyclic) bond motifs is 1. The van der Waals surface area contributed by atoms with Gasteiger partial charge in [-0.2, -0.15) is 0 Å². The highest BCUT2D eigenvalue weighted by molar-refractivity contribution is 6.30. The lowest BCUT2D eigenvalue weighted by Crippen LogP contribution is -2.16. The van der Waals surface area contributed by atoms with Crippen molar-refractivity contribution in [2.75, 3.05) is 6.61 Å². The molecule has 0 saturated heterocycles. The normalized spacial score (nSPS) is 14.5. The van der Waals surface area contributed by atoms with Gasteiger partial charge in [0.05, 0.1) is 11.6 Å². The number of aliphatic imine (C=N–C) groups is 1. The SMILES string of the molecule is C[C@@H](C(=O)O)c1ccc2c(c1)N=C(c1ccc(Cl)cc1)CO2. The van der Waals surface area contributed by atoms with Crippen molar-refractivity contribution >= 4 is 29.0 Å². The van der Waals surface area contributed by atoms with Gasteiger partial charge in [0, 0.05) is 5.02 Å². The molecule has 0 bridgehead atoms. The van der Waals surface area contributed by atoms with Gasteiger partial charge in [0.2, 0.25) is 0 Å². The maximum atomic E-state index is 11.1. The second-order valence-corrected chi connectivity index (χ2v) is 5.58. The van der Waals surface area contributed by atoms with Crippen molar-refractivity contribution in [1.29, 1.82) is 0 Å². The molecule has 0 unspecified atom stereocenters. The van der Waals surface area contributed by atoms with Crippen molar-refractivity contribution in [1.82, 2.24) is 0 Å². The third-order valence-electron chi connectivity index (χ3n) is 3.65. The number of ether oxygens (including phenoxy) is 1. The summed E-state index contributed by atoms with van der Waals surface area (Å²) in [7, 11) is 0. The van der Waals surface area contributed by atoms with Gasteiger partial charge in [0.15, 0.2) is 0 Å². The van der Waals surface area contributed by atoms with Gasteiger partial charge in [0.25, 0.3) is 0 Å². The summed E-state index contributed by atoms with van der Waals surface area (Å²) in [6, 6.07) is 12.7. The van der Waals surface area contributed by atoms with Gasteiger partial charge >= 0.3 is 5.97 Å². The van der Waals surface area contributed by atoms with Gasteiger partial charge < -0.3 is 9.84 Å². The van der Waals surface area contributed by atoms with Crippen LogP contribution in [0.4, 0.5) is 5.69 Å².